The van der Waals surface area contributed by atoms with E-state index in [-0.39, 0.29) is 11.6 Å². The van der Waals surface area contributed by atoms with Crippen LogP contribution in [0.2, 0.25) is 0 Å². The van der Waals surface area contributed by atoms with E-state index >= 15 is 0 Å². The van der Waals surface area contributed by atoms with E-state index in [0.717, 1.165) is 24.8 Å². The molecule has 13 heavy (non-hydrogen) atoms. The first-order chi connectivity index (χ1) is 6.20. The van der Waals surface area contributed by atoms with Crippen molar-refractivity contribution in [3.05, 3.63) is 23.8 Å². The van der Waals surface area contributed by atoms with Crippen LogP contribution in [0.15, 0.2) is 23.8 Å². The van der Waals surface area contributed by atoms with Crippen LogP contribution in [0, 0.1) is 0 Å². The third kappa shape index (κ3) is 3.36. The number of carbonyl (C=O) groups is 2. The number of rotatable bonds is 3. The molecule has 0 fully saturated rings. The lowest BCUT2D eigenvalue weighted by Crippen LogP contribution is -2.02. The molecule has 0 aromatic rings. The molecule has 2 heteroatoms. The van der Waals surface area contributed by atoms with E-state index in [1.807, 2.05) is 6.08 Å². The summed E-state index contributed by atoms with van der Waals surface area (Å²) in [6.07, 6.45) is 8.81. The second kappa shape index (κ2) is 4.75. The highest BCUT2D eigenvalue weighted by molar-refractivity contribution is 6.07. The van der Waals surface area contributed by atoms with E-state index in [1.165, 1.54) is 25.5 Å². The maximum atomic E-state index is 11.4. The monoisotopic (exact) mass is 178 g/mol. The van der Waals surface area contributed by atoms with Crippen LogP contribution >= 0.6 is 0 Å². The molecule has 0 spiro atoms. The fraction of sp³-hybridized carbons (Fsp3) is 0.455. The summed E-state index contributed by atoms with van der Waals surface area (Å²) in [7, 11) is 0. The van der Waals surface area contributed by atoms with Crippen molar-refractivity contribution in [1.82, 2.24) is 0 Å². The summed E-state index contributed by atoms with van der Waals surface area (Å²) in [6, 6.07) is 0. The predicted molar refractivity (Wildman–Crippen MR) is 51.4 cm³/mol. The summed E-state index contributed by atoms with van der Waals surface area (Å²) in [5, 5.41) is 0. The zero-order chi connectivity index (χ0) is 9.68. The Bertz CT molecular complexity index is 272. The normalized spacial score (nSPS) is 17.2. The highest BCUT2D eigenvalue weighted by Gasteiger charge is 2.08. The molecule has 0 bridgehead atoms. The van der Waals surface area contributed by atoms with Gasteiger partial charge in [-0.25, -0.2) is 0 Å². The van der Waals surface area contributed by atoms with Gasteiger partial charge in [0.25, 0.3) is 0 Å². The van der Waals surface area contributed by atoms with Crippen LogP contribution in [0.5, 0.6) is 0 Å². The summed E-state index contributed by atoms with van der Waals surface area (Å²) < 4.78 is 0. The molecule has 0 saturated heterocycles. The van der Waals surface area contributed by atoms with Gasteiger partial charge in [0.15, 0.2) is 11.6 Å². The van der Waals surface area contributed by atoms with Crippen molar-refractivity contribution in [1.29, 1.82) is 0 Å². The lowest BCUT2D eigenvalue weighted by molar-refractivity contribution is -0.114. The van der Waals surface area contributed by atoms with Gasteiger partial charge in [0.1, 0.15) is 0 Å². The maximum Gasteiger partial charge on any atom is 0.181 e. The van der Waals surface area contributed by atoms with E-state index in [2.05, 4.69) is 0 Å². The second-order valence-electron chi connectivity index (χ2n) is 3.28. The Labute approximate surface area is 78.3 Å². The summed E-state index contributed by atoms with van der Waals surface area (Å²) in [6.45, 7) is 1.44. The van der Waals surface area contributed by atoms with Crippen molar-refractivity contribution in [2.24, 2.45) is 0 Å². The summed E-state index contributed by atoms with van der Waals surface area (Å²) in [5.74, 6) is -0.0836. The number of hydrogen-bond donors (Lipinski definition) is 0. The highest BCUT2D eigenvalue weighted by atomic mass is 16.1. The molecule has 70 valence electrons. The van der Waals surface area contributed by atoms with Gasteiger partial charge in [0.2, 0.25) is 0 Å². The number of ketones is 2. The third-order valence-corrected chi connectivity index (χ3v) is 2.08. The molecular formula is C11H14O2. The molecule has 0 heterocycles. The van der Waals surface area contributed by atoms with Crippen LogP contribution in [0.3, 0.4) is 0 Å². The molecule has 1 rings (SSSR count). The Kier molecular flexibility index (Phi) is 3.62. The maximum absolute atomic E-state index is 11.4. The van der Waals surface area contributed by atoms with Gasteiger partial charge in [-0.3, -0.25) is 9.59 Å². The smallest absolute Gasteiger partial charge is 0.181 e. The van der Waals surface area contributed by atoms with Crippen LogP contribution in [0.25, 0.3) is 0 Å². The average Bonchev–Trinajstić information content (AvgIpc) is 2.15. The largest absolute Gasteiger partial charge is 0.295 e. The fourth-order valence-corrected chi connectivity index (χ4v) is 1.36. The Morgan fingerprint density at radius 2 is 2.08 bits per heavy atom. The minimum absolute atomic E-state index is 0.00472. The topological polar surface area (TPSA) is 34.1 Å². The van der Waals surface area contributed by atoms with Crippen molar-refractivity contribution >= 4 is 11.6 Å². The lowest BCUT2D eigenvalue weighted by atomic mass is 9.96. The SMILES string of the molecule is CC(=O)C=CC(=O)C1=CCCCC1. The fourth-order valence-electron chi connectivity index (χ4n) is 1.36. The molecule has 0 unspecified atom stereocenters. The zero-order valence-corrected chi connectivity index (χ0v) is 7.88. The highest BCUT2D eigenvalue weighted by Crippen LogP contribution is 2.18. The summed E-state index contributed by atoms with van der Waals surface area (Å²) in [5.41, 5.74) is 0.865. The van der Waals surface area contributed by atoms with Crippen molar-refractivity contribution in [3.8, 4) is 0 Å². The molecular weight excluding hydrogens is 164 g/mol. The molecule has 0 amide bonds. The standard InChI is InChI=1S/C11H14O2/c1-9(12)7-8-11(13)10-5-3-2-4-6-10/h5,7-8H,2-4,6H2,1H3. The number of allylic oxidation sites excluding steroid dienone is 4. The molecule has 0 saturated carbocycles. The van der Waals surface area contributed by atoms with Crippen molar-refractivity contribution < 1.29 is 9.59 Å². The van der Waals surface area contributed by atoms with Crippen LogP contribution < -0.4 is 0 Å². The number of carbonyl (C=O) groups excluding carboxylic acids is 2. The van der Waals surface area contributed by atoms with E-state index in [0.29, 0.717) is 0 Å². The van der Waals surface area contributed by atoms with Crippen molar-refractivity contribution in [3.63, 3.8) is 0 Å². The van der Waals surface area contributed by atoms with Crippen LogP contribution in [0.1, 0.15) is 32.6 Å². The van der Waals surface area contributed by atoms with E-state index < -0.39 is 0 Å². The van der Waals surface area contributed by atoms with E-state index in [1.54, 1.807) is 0 Å². The van der Waals surface area contributed by atoms with Crippen molar-refractivity contribution in [2.45, 2.75) is 32.6 Å². The van der Waals surface area contributed by atoms with Gasteiger partial charge in [-0.15, -0.1) is 0 Å². The quantitative estimate of drug-likeness (QED) is 0.621. The van der Waals surface area contributed by atoms with Gasteiger partial charge in [-0.2, -0.15) is 0 Å². The molecule has 0 aromatic heterocycles. The van der Waals surface area contributed by atoms with E-state index in [4.69, 9.17) is 0 Å². The first-order valence-electron chi connectivity index (χ1n) is 4.62. The van der Waals surface area contributed by atoms with Gasteiger partial charge >= 0.3 is 0 Å². The summed E-state index contributed by atoms with van der Waals surface area (Å²) in [4.78, 5) is 22.0. The Balaban J connectivity index is 2.56. The predicted octanol–water partition coefficient (Wildman–Crippen LogP) is 2.20. The van der Waals surface area contributed by atoms with Gasteiger partial charge in [-0.05, 0) is 50.3 Å². The molecule has 2 nitrogen and oxygen atoms in total. The van der Waals surface area contributed by atoms with E-state index in [9.17, 15) is 9.59 Å². The second-order valence-corrected chi connectivity index (χ2v) is 3.28. The molecule has 1 aliphatic carbocycles. The molecule has 0 aromatic carbocycles. The average molecular weight is 178 g/mol. The third-order valence-electron chi connectivity index (χ3n) is 2.08. The van der Waals surface area contributed by atoms with Crippen LogP contribution in [-0.2, 0) is 9.59 Å². The molecule has 1 aliphatic rings. The number of hydrogen-bond acceptors (Lipinski definition) is 2. The Morgan fingerprint density at radius 3 is 2.62 bits per heavy atom. The molecule has 0 atom stereocenters. The Morgan fingerprint density at radius 1 is 1.31 bits per heavy atom. The lowest BCUT2D eigenvalue weighted by Gasteiger charge is -2.08. The first kappa shape index (κ1) is 9.90. The Hall–Kier alpha value is -1.18. The van der Waals surface area contributed by atoms with Gasteiger partial charge in [0, 0.05) is 0 Å². The molecule has 0 radical (unpaired) electrons. The zero-order valence-electron chi connectivity index (χ0n) is 7.88. The van der Waals surface area contributed by atoms with Crippen molar-refractivity contribution in [2.75, 3.05) is 0 Å². The molecule has 0 N–H and O–H groups in total. The first-order valence-corrected chi connectivity index (χ1v) is 4.62. The molecule has 0 aliphatic heterocycles. The van der Waals surface area contributed by atoms with Gasteiger partial charge in [-0.1, -0.05) is 6.08 Å². The van der Waals surface area contributed by atoms with Crippen LogP contribution in [0.4, 0.5) is 0 Å². The van der Waals surface area contributed by atoms with Crippen LogP contribution in [-0.4, -0.2) is 11.6 Å². The minimum Gasteiger partial charge on any atom is -0.295 e. The van der Waals surface area contributed by atoms with Gasteiger partial charge < -0.3 is 0 Å². The van der Waals surface area contributed by atoms with Gasteiger partial charge in [0.05, 0.1) is 0 Å². The minimum atomic E-state index is -0.0789. The summed E-state index contributed by atoms with van der Waals surface area (Å²) >= 11 is 0.